The number of rotatable bonds is 4. The molecule has 5 rings (SSSR count). The van der Waals surface area contributed by atoms with E-state index in [0.717, 1.165) is 56.6 Å². The summed E-state index contributed by atoms with van der Waals surface area (Å²) in [6.45, 7) is 3.97. The van der Waals surface area contributed by atoms with Gasteiger partial charge in [-0.15, -0.1) is 0 Å². The molecular formula is C22H22N8O. The summed E-state index contributed by atoms with van der Waals surface area (Å²) >= 11 is 0. The monoisotopic (exact) mass is 414 g/mol. The third-order valence-electron chi connectivity index (χ3n) is 5.52. The molecule has 0 N–H and O–H groups in total. The van der Waals surface area contributed by atoms with Crippen LogP contribution >= 0.6 is 0 Å². The molecule has 0 atom stereocenters. The molecule has 156 valence electrons. The zero-order valence-corrected chi connectivity index (χ0v) is 18.0. The molecule has 0 spiro atoms. The second-order valence-corrected chi connectivity index (χ2v) is 7.43. The van der Waals surface area contributed by atoms with E-state index in [-0.39, 0.29) is 0 Å². The van der Waals surface area contributed by atoms with Gasteiger partial charge in [-0.2, -0.15) is 15.3 Å². The number of imidazole rings is 1. The van der Waals surface area contributed by atoms with Gasteiger partial charge >= 0.3 is 0 Å². The van der Waals surface area contributed by atoms with E-state index in [4.69, 9.17) is 9.72 Å². The van der Waals surface area contributed by atoms with Crippen molar-refractivity contribution >= 4 is 5.52 Å². The molecule has 0 unspecified atom stereocenters. The van der Waals surface area contributed by atoms with Gasteiger partial charge in [0, 0.05) is 31.4 Å². The van der Waals surface area contributed by atoms with Crippen LogP contribution in [0.3, 0.4) is 0 Å². The number of methoxy groups -OCH3 is 1. The second kappa shape index (κ2) is 7.05. The number of aromatic nitrogens is 8. The summed E-state index contributed by atoms with van der Waals surface area (Å²) in [6.07, 6.45) is 5.15. The van der Waals surface area contributed by atoms with E-state index in [1.54, 1.807) is 24.3 Å². The second-order valence-electron chi connectivity index (χ2n) is 7.43. The van der Waals surface area contributed by atoms with Gasteiger partial charge in [0.2, 0.25) is 0 Å². The molecule has 0 aliphatic rings. The predicted molar refractivity (Wildman–Crippen MR) is 117 cm³/mol. The number of hydrogen-bond acceptors (Lipinski definition) is 6. The highest BCUT2D eigenvalue weighted by atomic mass is 16.5. The van der Waals surface area contributed by atoms with Crippen LogP contribution in [0.1, 0.15) is 11.4 Å². The van der Waals surface area contributed by atoms with Gasteiger partial charge in [-0.3, -0.25) is 9.36 Å². The van der Waals surface area contributed by atoms with Crippen LogP contribution in [0.15, 0.2) is 43.0 Å². The summed E-state index contributed by atoms with van der Waals surface area (Å²) in [6, 6.07) is 8.05. The Balaban J connectivity index is 1.79. The highest BCUT2D eigenvalue weighted by Crippen LogP contribution is 2.37. The summed E-state index contributed by atoms with van der Waals surface area (Å²) in [7, 11) is 5.51. The molecule has 0 radical (unpaired) electrons. The number of benzene rings is 1. The van der Waals surface area contributed by atoms with Gasteiger partial charge in [0.25, 0.3) is 0 Å². The minimum absolute atomic E-state index is 0.770. The van der Waals surface area contributed by atoms with Crippen LogP contribution < -0.4 is 4.74 Å². The Labute approximate surface area is 179 Å². The first-order chi connectivity index (χ1) is 15.0. The van der Waals surface area contributed by atoms with Crippen molar-refractivity contribution in [1.29, 1.82) is 0 Å². The molecule has 9 nitrogen and oxygen atoms in total. The first-order valence-electron chi connectivity index (χ1n) is 9.85. The van der Waals surface area contributed by atoms with E-state index >= 15 is 0 Å². The fourth-order valence-electron chi connectivity index (χ4n) is 4.03. The van der Waals surface area contributed by atoms with Crippen LogP contribution in [0.5, 0.6) is 5.75 Å². The van der Waals surface area contributed by atoms with Crippen molar-refractivity contribution in [3.8, 4) is 39.7 Å². The molecule has 4 aromatic heterocycles. The zero-order chi connectivity index (χ0) is 21.7. The fraction of sp³-hybridized carbons (Fsp3) is 0.227. The number of fused-ring (bicyclic) bond motifs is 1. The van der Waals surface area contributed by atoms with Gasteiger partial charge in [-0.05, 0) is 43.7 Å². The molecule has 0 bridgehead atoms. The molecule has 4 heterocycles. The summed E-state index contributed by atoms with van der Waals surface area (Å²) in [5.41, 5.74) is 7.23. The predicted octanol–water partition coefficient (Wildman–Crippen LogP) is 3.22. The molecule has 9 heteroatoms. The van der Waals surface area contributed by atoms with Crippen molar-refractivity contribution in [3.05, 3.63) is 54.4 Å². The average Bonchev–Trinajstić information content (AvgIpc) is 3.45. The highest BCUT2D eigenvalue weighted by molar-refractivity contribution is 5.93. The summed E-state index contributed by atoms with van der Waals surface area (Å²) in [5.74, 6) is 1.62. The molecule has 1 aromatic carbocycles. The van der Waals surface area contributed by atoms with Crippen molar-refractivity contribution in [2.45, 2.75) is 13.8 Å². The van der Waals surface area contributed by atoms with Gasteiger partial charge in [-0.1, -0.05) is 0 Å². The van der Waals surface area contributed by atoms with E-state index in [9.17, 15) is 0 Å². The maximum absolute atomic E-state index is 5.43. The van der Waals surface area contributed by atoms with E-state index in [1.807, 2.05) is 61.5 Å². The fourth-order valence-corrected chi connectivity index (χ4v) is 4.03. The van der Waals surface area contributed by atoms with E-state index < -0.39 is 0 Å². The maximum atomic E-state index is 5.43. The molecule has 0 amide bonds. The highest BCUT2D eigenvalue weighted by Gasteiger charge is 2.23. The summed E-state index contributed by atoms with van der Waals surface area (Å²) < 4.78 is 10.9. The molecule has 31 heavy (non-hydrogen) atoms. The van der Waals surface area contributed by atoms with Crippen molar-refractivity contribution in [2.75, 3.05) is 7.11 Å². The Morgan fingerprint density at radius 1 is 0.935 bits per heavy atom. The topological polar surface area (TPSA) is 87.9 Å². The molecule has 0 saturated carbocycles. The van der Waals surface area contributed by atoms with Crippen LogP contribution in [0.4, 0.5) is 0 Å². The molecule has 0 aliphatic carbocycles. The van der Waals surface area contributed by atoms with Crippen molar-refractivity contribution in [1.82, 2.24) is 39.1 Å². The van der Waals surface area contributed by atoms with Crippen molar-refractivity contribution < 1.29 is 4.74 Å². The van der Waals surface area contributed by atoms with Crippen LogP contribution in [0, 0.1) is 13.8 Å². The molecule has 5 aromatic rings. The van der Waals surface area contributed by atoms with Gasteiger partial charge in [0.15, 0.2) is 0 Å². The maximum Gasteiger partial charge on any atom is 0.137 e. The molecule has 0 fully saturated rings. The Hall–Kier alpha value is -4.01. The third kappa shape index (κ3) is 2.89. The number of aryl methyl sites for hydroxylation is 4. The quantitative estimate of drug-likeness (QED) is 0.449. The number of hydrogen-bond donors (Lipinski definition) is 0. The van der Waals surface area contributed by atoms with E-state index in [0.29, 0.717) is 0 Å². The standard InChI is InChI=1S/C22H22N8O/c1-13-10-15(6-7-18(13)31-5)21-16(11-25-29(21)4)19-22-20(17-8-9-24-28(17)3)23-12-26-30(22)14(2)27-19/h6-12H,1-5H3. The SMILES string of the molecule is COc1ccc(-c2c(-c3nc(C)n4ncnc(-c5ccnn5C)c34)cnn2C)cc1C. The smallest absolute Gasteiger partial charge is 0.137 e. The van der Waals surface area contributed by atoms with Crippen LogP contribution in [-0.4, -0.2) is 46.3 Å². The van der Waals surface area contributed by atoms with Crippen LogP contribution in [-0.2, 0) is 14.1 Å². The Bertz CT molecular complexity index is 1430. The summed E-state index contributed by atoms with van der Waals surface area (Å²) in [5, 5.41) is 13.3. The molecule has 0 saturated heterocycles. The van der Waals surface area contributed by atoms with Crippen molar-refractivity contribution in [3.63, 3.8) is 0 Å². The summed E-state index contributed by atoms with van der Waals surface area (Å²) in [4.78, 5) is 9.45. The molecular weight excluding hydrogens is 392 g/mol. The Kier molecular flexibility index (Phi) is 4.32. The first kappa shape index (κ1) is 19.0. The van der Waals surface area contributed by atoms with E-state index in [2.05, 4.69) is 26.3 Å². The Morgan fingerprint density at radius 2 is 1.77 bits per heavy atom. The van der Waals surface area contributed by atoms with Crippen LogP contribution in [0.2, 0.25) is 0 Å². The van der Waals surface area contributed by atoms with Gasteiger partial charge in [0.1, 0.15) is 34.8 Å². The minimum atomic E-state index is 0.770. The minimum Gasteiger partial charge on any atom is -0.496 e. The lowest BCUT2D eigenvalue weighted by molar-refractivity contribution is 0.412. The van der Waals surface area contributed by atoms with Crippen LogP contribution in [0.25, 0.3) is 39.4 Å². The molecule has 0 aliphatic heterocycles. The number of nitrogens with zero attached hydrogens (tertiary/aromatic N) is 8. The van der Waals surface area contributed by atoms with E-state index in [1.165, 1.54) is 0 Å². The largest absolute Gasteiger partial charge is 0.496 e. The lowest BCUT2D eigenvalue weighted by atomic mass is 10.0. The lowest BCUT2D eigenvalue weighted by Gasteiger charge is -2.10. The average molecular weight is 414 g/mol. The van der Waals surface area contributed by atoms with Crippen molar-refractivity contribution in [2.24, 2.45) is 14.1 Å². The lowest BCUT2D eigenvalue weighted by Crippen LogP contribution is -2.01. The number of ether oxygens (including phenoxy) is 1. The van der Waals surface area contributed by atoms with Gasteiger partial charge in [0.05, 0.1) is 24.7 Å². The van der Waals surface area contributed by atoms with Gasteiger partial charge < -0.3 is 4.74 Å². The zero-order valence-electron chi connectivity index (χ0n) is 18.0. The van der Waals surface area contributed by atoms with Gasteiger partial charge in [-0.25, -0.2) is 14.5 Å². The normalized spacial score (nSPS) is 11.4. The first-order valence-corrected chi connectivity index (χ1v) is 9.85. The Morgan fingerprint density at radius 3 is 2.48 bits per heavy atom. The third-order valence-corrected chi connectivity index (χ3v) is 5.52.